The van der Waals surface area contributed by atoms with E-state index in [4.69, 9.17) is 9.47 Å². The van der Waals surface area contributed by atoms with E-state index >= 15 is 0 Å². The van der Waals surface area contributed by atoms with Crippen molar-refractivity contribution < 1.29 is 19.1 Å². The van der Waals surface area contributed by atoms with Gasteiger partial charge in [-0.05, 0) is 56.6 Å². The summed E-state index contributed by atoms with van der Waals surface area (Å²) in [6, 6.07) is 5.72. The normalized spacial score (nSPS) is 24.9. The van der Waals surface area contributed by atoms with E-state index in [1.54, 1.807) is 32.4 Å². The molecule has 0 unspecified atom stereocenters. The lowest BCUT2D eigenvalue weighted by Crippen LogP contribution is -2.53. The molecule has 2 aliphatic heterocycles. The third-order valence-corrected chi connectivity index (χ3v) is 7.26. The Morgan fingerprint density at radius 1 is 0.833 bits per heavy atom. The van der Waals surface area contributed by atoms with Gasteiger partial charge in [0, 0.05) is 43.2 Å². The SMILES string of the molecule is COc1cc(OC)cc(C(=O)N2CCC(C(=O)N3CCC[C@@H]4CCCC[C@@H]43)CC2)c1. The van der Waals surface area contributed by atoms with Gasteiger partial charge in [0.05, 0.1) is 14.2 Å². The van der Waals surface area contributed by atoms with Crippen molar-refractivity contribution in [2.24, 2.45) is 11.8 Å². The molecule has 4 rings (SSSR count). The highest BCUT2D eigenvalue weighted by Gasteiger charge is 2.39. The van der Waals surface area contributed by atoms with Crippen LogP contribution in [0.1, 0.15) is 61.7 Å². The lowest BCUT2D eigenvalue weighted by Gasteiger charge is -2.46. The number of benzene rings is 1. The Labute approximate surface area is 179 Å². The Kier molecular flexibility index (Phi) is 6.49. The molecule has 0 N–H and O–H groups in total. The van der Waals surface area contributed by atoms with Crippen LogP contribution in [-0.4, -0.2) is 61.5 Å². The molecule has 0 spiro atoms. The highest BCUT2D eigenvalue weighted by molar-refractivity contribution is 5.95. The van der Waals surface area contributed by atoms with Crippen LogP contribution in [-0.2, 0) is 4.79 Å². The van der Waals surface area contributed by atoms with Crippen LogP contribution in [0.5, 0.6) is 11.5 Å². The van der Waals surface area contributed by atoms with Crippen LogP contribution in [0.15, 0.2) is 18.2 Å². The molecule has 164 valence electrons. The zero-order valence-electron chi connectivity index (χ0n) is 18.3. The van der Waals surface area contributed by atoms with Crippen LogP contribution in [0.2, 0.25) is 0 Å². The molecule has 6 heteroatoms. The van der Waals surface area contributed by atoms with E-state index < -0.39 is 0 Å². The summed E-state index contributed by atoms with van der Waals surface area (Å²) in [6.45, 7) is 2.16. The van der Waals surface area contributed by atoms with Crippen molar-refractivity contribution in [3.63, 3.8) is 0 Å². The largest absolute Gasteiger partial charge is 0.497 e. The van der Waals surface area contributed by atoms with Crippen molar-refractivity contribution in [3.8, 4) is 11.5 Å². The molecule has 3 fully saturated rings. The van der Waals surface area contributed by atoms with Crippen LogP contribution in [0.3, 0.4) is 0 Å². The van der Waals surface area contributed by atoms with Crippen LogP contribution in [0, 0.1) is 11.8 Å². The van der Waals surface area contributed by atoms with Gasteiger partial charge in [-0.1, -0.05) is 12.8 Å². The van der Waals surface area contributed by atoms with Crippen LogP contribution in [0.4, 0.5) is 0 Å². The first-order chi connectivity index (χ1) is 14.6. The molecule has 3 aliphatic rings. The Balaban J connectivity index is 1.37. The number of piperidine rings is 2. The maximum absolute atomic E-state index is 13.3. The number of hydrogen-bond acceptors (Lipinski definition) is 4. The van der Waals surface area contributed by atoms with Crippen LogP contribution in [0.25, 0.3) is 0 Å². The van der Waals surface area contributed by atoms with Gasteiger partial charge < -0.3 is 19.3 Å². The summed E-state index contributed by atoms with van der Waals surface area (Å²) in [6.07, 6.45) is 8.95. The van der Waals surface area contributed by atoms with Gasteiger partial charge in [0.15, 0.2) is 0 Å². The monoisotopic (exact) mass is 414 g/mol. The molecule has 1 saturated carbocycles. The van der Waals surface area contributed by atoms with Crippen molar-refractivity contribution in [2.75, 3.05) is 33.9 Å². The molecule has 1 aliphatic carbocycles. The number of amides is 2. The average molecular weight is 415 g/mol. The van der Waals surface area contributed by atoms with E-state index in [0.717, 1.165) is 25.8 Å². The molecular formula is C24H34N2O4. The van der Waals surface area contributed by atoms with E-state index in [9.17, 15) is 9.59 Å². The molecule has 2 amide bonds. The fourth-order valence-electron chi connectivity index (χ4n) is 5.58. The minimum Gasteiger partial charge on any atom is -0.497 e. The van der Waals surface area contributed by atoms with E-state index in [2.05, 4.69) is 4.90 Å². The van der Waals surface area contributed by atoms with Gasteiger partial charge in [-0.2, -0.15) is 0 Å². The van der Waals surface area contributed by atoms with Gasteiger partial charge in [-0.15, -0.1) is 0 Å². The quantitative estimate of drug-likeness (QED) is 0.753. The number of ether oxygens (including phenoxy) is 2. The molecule has 6 nitrogen and oxygen atoms in total. The molecule has 0 radical (unpaired) electrons. The van der Waals surface area contributed by atoms with Gasteiger partial charge in [0.2, 0.25) is 5.91 Å². The number of methoxy groups -OCH3 is 2. The molecule has 2 saturated heterocycles. The molecule has 30 heavy (non-hydrogen) atoms. The second-order valence-electron chi connectivity index (χ2n) is 8.95. The topological polar surface area (TPSA) is 59.1 Å². The lowest BCUT2D eigenvalue weighted by atomic mass is 9.77. The van der Waals surface area contributed by atoms with Crippen molar-refractivity contribution >= 4 is 11.8 Å². The second-order valence-corrected chi connectivity index (χ2v) is 8.95. The maximum atomic E-state index is 13.3. The number of rotatable bonds is 4. The highest BCUT2D eigenvalue weighted by atomic mass is 16.5. The lowest BCUT2D eigenvalue weighted by molar-refractivity contribution is -0.143. The number of fused-ring (bicyclic) bond motifs is 1. The van der Waals surface area contributed by atoms with Crippen molar-refractivity contribution in [2.45, 2.75) is 57.4 Å². The zero-order valence-corrected chi connectivity index (χ0v) is 18.3. The van der Waals surface area contributed by atoms with E-state index in [0.29, 0.717) is 48.0 Å². The number of nitrogens with zero attached hydrogens (tertiary/aromatic N) is 2. The third kappa shape index (κ3) is 4.28. The van der Waals surface area contributed by atoms with E-state index in [1.165, 1.54) is 32.1 Å². The summed E-state index contributed by atoms with van der Waals surface area (Å²) in [5.41, 5.74) is 0.567. The highest BCUT2D eigenvalue weighted by Crippen LogP contribution is 2.37. The van der Waals surface area contributed by atoms with Gasteiger partial charge in [0.25, 0.3) is 5.91 Å². The van der Waals surface area contributed by atoms with Gasteiger partial charge >= 0.3 is 0 Å². The van der Waals surface area contributed by atoms with Crippen molar-refractivity contribution in [1.82, 2.24) is 9.80 Å². The van der Waals surface area contributed by atoms with Gasteiger partial charge in [0.1, 0.15) is 11.5 Å². The molecule has 1 aromatic carbocycles. The predicted octanol–water partition coefficient (Wildman–Crippen LogP) is 3.74. The van der Waals surface area contributed by atoms with E-state index in [1.807, 2.05) is 4.90 Å². The van der Waals surface area contributed by atoms with E-state index in [-0.39, 0.29) is 11.8 Å². The zero-order chi connectivity index (χ0) is 21.1. The summed E-state index contributed by atoms with van der Waals surface area (Å²) in [5, 5.41) is 0. The minimum absolute atomic E-state index is 0.0246. The summed E-state index contributed by atoms with van der Waals surface area (Å²) < 4.78 is 10.6. The first kappa shape index (κ1) is 21.0. The number of hydrogen-bond donors (Lipinski definition) is 0. The van der Waals surface area contributed by atoms with Crippen LogP contribution >= 0.6 is 0 Å². The first-order valence-corrected chi connectivity index (χ1v) is 11.4. The summed E-state index contributed by atoms with van der Waals surface area (Å²) in [4.78, 5) is 30.4. The Bertz CT molecular complexity index is 748. The van der Waals surface area contributed by atoms with Gasteiger partial charge in [-0.3, -0.25) is 9.59 Å². The van der Waals surface area contributed by atoms with Crippen LogP contribution < -0.4 is 9.47 Å². The standard InChI is InChI=1S/C24H34N2O4/c1-29-20-14-19(15-21(16-20)30-2)23(27)25-12-9-18(10-13-25)24(28)26-11-5-7-17-6-3-4-8-22(17)26/h14-18,22H,3-13H2,1-2H3/t17-,22-/m0/s1. The molecule has 0 aromatic heterocycles. The fourth-order valence-corrected chi connectivity index (χ4v) is 5.58. The first-order valence-electron chi connectivity index (χ1n) is 11.4. The smallest absolute Gasteiger partial charge is 0.254 e. The van der Waals surface area contributed by atoms with Gasteiger partial charge in [-0.25, -0.2) is 0 Å². The summed E-state index contributed by atoms with van der Waals surface area (Å²) in [5.74, 6) is 2.28. The molecule has 0 bridgehead atoms. The van der Waals surface area contributed by atoms with Crippen molar-refractivity contribution in [1.29, 1.82) is 0 Å². The predicted molar refractivity (Wildman–Crippen MR) is 115 cm³/mol. The summed E-state index contributed by atoms with van der Waals surface area (Å²) in [7, 11) is 3.16. The maximum Gasteiger partial charge on any atom is 0.254 e. The van der Waals surface area contributed by atoms with Crippen molar-refractivity contribution in [3.05, 3.63) is 23.8 Å². The Morgan fingerprint density at radius 2 is 1.47 bits per heavy atom. The Hall–Kier alpha value is -2.24. The third-order valence-electron chi connectivity index (χ3n) is 7.26. The Morgan fingerprint density at radius 3 is 2.13 bits per heavy atom. The minimum atomic E-state index is -0.0246. The molecule has 2 atom stereocenters. The summed E-state index contributed by atoms with van der Waals surface area (Å²) >= 11 is 0. The fraction of sp³-hybridized carbons (Fsp3) is 0.667. The molecule has 1 aromatic rings. The number of likely N-dealkylation sites (tertiary alicyclic amines) is 2. The number of carbonyl (C=O) groups excluding carboxylic acids is 2. The molecular weight excluding hydrogens is 380 g/mol. The second kappa shape index (κ2) is 9.27. The average Bonchev–Trinajstić information content (AvgIpc) is 2.82. The number of carbonyl (C=O) groups is 2. The molecule has 2 heterocycles.